The summed E-state index contributed by atoms with van der Waals surface area (Å²) in [5, 5.41) is 16.0. The molecule has 1 saturated heterocycles. The number of hydrogen-bond donors (Lipinski definition) is 3. The Morgan fingerprint density at radius 2 is 2.37 bits per heavy atom. The van der Waals surface area contributed by atoms with Gasteiger partial charge in [0.15, 0.2) is 0 Å². The van der Waals surface area contributed by atoms with E-state index in [4.69, 9.17) is 0 Å². The Hall–Kier alpha value is -1.07. The van der Waals surface area contributed by atoms with E-state index in [0.29, 0.717) is 12.1 Å². The van der Waals surface area contributed by atoms with Crippen molar-refractivity contribution in [1.82, 2.24) is 10.6 Å². The predicted octanol–water partition coefficient (Wildman–Crippen LogP) is 2.27. The lowest BCUT2D eigenvalue weighted by Crippen LogP contribution is -2.45. The van der Waals surface area contributed by atoms with E-state index in [-0.39, 0.29) is 17.1 Å². The number of halogens is 1. The first-order valence-corrected chi connectivity index (χ1v) is 7.27. The molecule has 0 spiro atoms. The van der Waals surface area contributed by atoms with Crippen molar-refractivity contribution in [3.8, 4) is 5.75 Å². The first kappa shape index (κ1) is 14.3. The lowest BCUT2D eigenvalue weighted by Gasteiger charge is -2.34. The fourth-order valence-electron chi connectivity index (χ4n) is 2.36. The van der Waals surface area contributed by atoms with Gasteiger partial charge in [-0.2, -0.15) is 0 Å². The number of carbonyl (C=O) groups excluding carboxylic acids is 1. The summed E-state index contributed by atoms with van der Waals surface area (Å²) in [7, 11) is 0. The Kier molecular flexibility index (Phi) is 4.47. The van der Waals surface area contributed by atoms with Crippen molar-refractivity contribution < 1.29 is 9.90 Å². The summed E-state index contributed by atoms with van der Waals surface area (Å²) in [5.74, 6) is -0.226. The molecule has 1 aromatic carbocycles. The highest BCUT2D eigenvalue weighted by atomic mass is 79.9. The van der Waals surface area contributed by atoms with Gasteiger partial charge in [-0.25, -0.2) is 0 Å². The van der Waals surface area contributed by atoms with Crippen molar-refractivity contribution >= 4 is 21.8 Å². The van der Waals surface area contributed by atoms with E-state index in [0.717, 1.165) is 30.4 Å². The van der Waals surface area contributed by atoms with Gasteiger partial charge in [0.25, 0.3) is 5.91 Å². The van der Waals surface area contributed by atoms with Crippen LogP contribution in [0.25, 0.3) is 0 Å². The summed E-state index contributed by atoms with van der Waals surface area (Å²) in [6.07, 6.45) is 2.24. The van der Waals surface area contributed by atoms with E-state index < -0.39 is 0 Å². The van der Waals surface area contributed by atoms with E-state index in [2.05, 4.69) is 33.5 Å². The van der Waals surface area contributed by atoms with Crippen LogP contribution in [0.5, 0.6) is 5.75 Å². The first-order valence-electron chi connectivity index (χ1n) is 6.48. The average Bonchev–Trinajstić information content (AvgIpc) is 2.37. The molecule has 0 bridgehead atoms. The van der Waals surface area contributed by atoms with Crippen LogP contribution in [-0.2, 0) is 0 Å². The highest BCUT2D eigenvalue weighted by molar-refractivity contribution is 9.10. The van der Waals surface area contributed by atoms with Crippen molar-refractivity contribution in [2.45, 2.75) is 19.8 Å². The second-order valence-electron chi connectivity index (χ2n) is 5.44. The van der Waals surface area contributed by atoms with Crippen molar-refractivity contribution in [2.24, 2.45) is 5.41 Å². The molecule has 19 heavy (non-hydrogen) atoms. The lowest BCUT2D eigenvalue weighted by molar-refractivity contribution is 0.0922. The molecule has 1 aromatic rings. The molecule has 1 atom stereocenters. The molecule has 1 amide bonds. The molecular formula is C14H19BrN2O2. The lowest BCUT2D eigenvalue weighted by atomic mass is 9.83. The maximum Gasteiger partial charge on any atom is 0.255 e. The smallest absolute Gasteiger partial charge is 0.255 e. The number of phenols is 1. The van der Waals surface area contributed by atoms with E-state index >= 15 is 0 Å². The number of hydrogen-bond acceptors (Lipinski definition) is 3. The Bertz CT molecular complexity index is 471. The SMILES string of the molecule is CC1(CNC(=O)c2ccc(Br)cc2O)CCCNC1. The molecular weight excluding hydrogens is 308 g/mol. The zero-order chi connectivity index (χ0) is 13.9. The number of phenolic OH excluding ortho intramolecular Hbond substituents is 1. The van der Waals surface area contributed by atoms with Gasteiger partial charge in [0.05, 0.1) is 5.56 Å². The zero-order valence-corrected chi connectivity index (χ0v) is 12.6. The quantitative estimate of drug-likeness (QED) is 0.798. The van der Waals surface area contributed by atoms with Crippen LogP contribution in [0.1, 0.15) is 30.1 Å². The monoisotopic (exact) mass is 326 g/mol. The molecule has 5 heteroatoms. The molecule has 104 valence electrons. The molecule has 1 unspecified atom stereocenters. The van der Waals surface area contributed by atoms with Gasteiger partial charge in [0.2, 0.25) is 0 Å². The topological polar surface area (TPSA) is 61.4 Å². The first-order chi connectivity index (χ1) is 9.00. The number of piperidine rings is 1. The molecule has 1 aliphatic heterocycles. The second kappa shape index (κ2) is 5.92. The van der Waals surface area contributed by atoms with Gasteiger partial charge in [0.1, 0.15) is 5.75 Å². The van der Waals surface area contributed by atoms with Crippen molar-refractivity contribution in [3.63, 3.8) is 0 Å². The molecule has 0 aromatic heterocycles. The van der Waals surface area contributed by atoms with Gasteiger partial charge < -0.3 is 15.7 Å². The fourth-order valence-corrected chi connectivity index (χ4v) is 2.70. The summed E-state index contributed by atoms with van der Waals surface area (Å²) < 4.78 is 0.755. The van der Waals surface area contributed by atoms with Crippen molar-refractivity contribution in [3.05, 3.63) is 28.2 Å². The third kappa shape index (κ3) is 3.70. The molecule has 3 N–H and O–H groups in total. The van der Waals surface area contributed by atoms with Crippen LogP contribution in [0.3, 0.4) is 0 Å². The molecule has 4 nitrogen and oxygen atoms in total. The average molecular weight is 327 g/mol. The normalized spacial score (nSPS) is 23.1. The standard InChI is InChI=1S/C14H19BrN2O2/c1-14(5-2-6-16-8-14)9-17-13(19)11-4-3-10(15)7-12(11)18/h3-4,7,16,18H,2,5-6,8-9H2,1H3,(H,17,19). The number of rotatable bonds is 3. The summed E-state index contributed by atoms with van der Waals surface area (Å²) >= 11 is 3.26. The van der Waals surface area contributed by atoms with E-state index in [1.54, 1.807) is 12.1 Å². The molecule has 1 aliphatic rings. The van der Waals surface area contributed by atoms with Gasteiger partial charge in [-0.3, -0.25) is 4.79 Å². The van der Waals surface area contributed by atoms with Crippen LogP contribution in [0.4, 0.5) is 0 Å². The predicted molar refractivity (Wildman–Crippen MR) is 78.4 cm³/mol. The van der Waals surface area contributed by atoms with Gasteiger partial charge in [-0.1, -0.05) is 22.9 Å². The van der Waals surface area contributed by atoms with Crippen LogP contribution in [0, 0.1) is 5.41 Å². The molecule has 0 aliphatic carbocycles. The Labute approximate surface area is 121 Å². The third-order valence-corrected chi connectivity index (χ3v) is 4.06. The minimum atomic E-state index is -0.225. The summed E-state index contributed by atoms with van der Waals surface area (Å²) in [5.41, 5.74) is 0.411. The summed E-state index contributed by atoms with van der Waals surface area (Å²) in [6, 6.07) is 4.90. The Morgan fingerprint density at radius 1 is 1.58 bits per heavy atom. The Balaban J connectivity index is 1.97. The maximum absolute atomic E-state index is 12.1. The van der Waals surface area contributed by atoms with Gasteiger partial charge in [-0.15, -0.1) is 0 Å². The van der Waals surface area contributed by atoms with Gasteiger partial charge in [-0.05, 0) is 43.0 Å². The number of carbonyl (C=O) groups is 1. The number of nitrogens with one attached hydrogen (secondary N) is 2. The van der Waals surface area contributed by atoms with Crippen LogP contribution in [-0.4, -0.2) is 30.6 Å². The minimum Gasteiger partial charge on any atom is -0.507 e. The molecule has 1 heterocycles. The number of aromatic hydroxyl groups is 1. The molecule has 1 fully saturated rings. The van der Waals surface area contributed by atoms with Crippen LogP contribution < -0.4 is 10.6 Å². The fraction of sp³-hybridized carbons (Fsp3) is 0.500. The highest BCUT2D eigenvalue weighted by Gasteiger charge is 2.27. The second-order valence-corrected chi connectivity index (χ2v) is 6.35. The molecule has 0 saturated carbocycles. The summed E-state index contributed by atoms with van der Waals surface area (Å²) in [4.78, 5) is 12.1. The van der Waals surface area contributed by atoms with Gasteiger partial charge >= 0.3 is 0 Å². The Morgan fingerprint density at radius 3 is 3.00 bits per heavy atom. The maximum atomic E-state index is 12.1. The van der Waals surface area contributed by atoms with E-state index in [1.807, 2.05) is 0 Å². The zero-order valence-electron chi connectivity index (χ0n) is 11.0. The number of benzene rings is 1. The van der Waals surface area contributed by atoms with Crippen LogP contribution in [0.2, 0.25) is 0 Å². The van der Waals surface area contributed by atoms with Crippen LogP contribution >= 0.6 is 15.9 Å². The minimum absolute atomic E-state index is 0.00111. The van der Waals surface area contributed by atoms with E-state index in [9.17, 15) is 9.90 Å². The van der Waals surface area contributed by atoms with E-state index in [1.165, 1.54) is 6.07 Å². The number of amides is 1. The van der Waals surface area contributed by atoms with Crippen molar-refractivity contribution in [2.75, 3.05) is 19.6 Å². The van der Waals surface area contributed by atoms with Crippen molar-refractivity contribution in [1.29, 1.82) is 0 Å². The highest BCUT2D eigenvalue weighted by Crippen LogP contribution is 2.25. The van der Waals surface area contributed by atoms with Crippen LogP contribution in [0.15, 0.2) is 22.7 Å². The summed E-state index contributed by atoms with van der Waals surface area (Å²) in [6.45, 7) is 4.76. The van der Waals surface area contributed by atoms with Gasteiger partial charge in [0, 0.05) is 17.6 Å². The largest absolute Gasteiger partial charge is 0.507 e. The molecule has 0 radical (unpaired) electrons. The third-order valence-electron chi connectivity index (χ3n) is 3.57. The molecule has 2 rings (SSSR count).